The normalized spacial score (nSPS) is 21.2. The molecule has 0 radical (unpaired) electrons. The van der Waals surface area contributed by atoms with Gasteiger partial charge in [0.05, 0.1) is 40.3 Å². The second-order valence-electron chi connectivity index (χ2n) is 23.9. The average molecular weight is 1220 g/mol. The van der Waals surface area contributed by atoms with E-state index in [4.69, 9.17) is 4.74 Å². The van der Waals surface area contributed by atoms with Gasteiger partial charge in [-0.3, -0.25) is 63.5 Å². The van der Waals surface area contributed by atoms with Crippen LogP contribution in [0.15, 0.2) is 122 Å². The van der Waals surface area contributed by atoms with Crippen molar-refractivity contribution in [2.75, 3.05) is 13.1 Å². The van der Waals surface area contributed by atoms with Crippen LogP contribution in [0.4, 0.5) is 0 Å². The number of aliphatic carboxylic acids is 1. The van der Waals surface area contributed by atoms with Crippen LogP contribution in [-0.2, 0) is 55.9 Å². The molecule has 2 fully saturated rings. The molecular formula is C66H77LiN12O11. The summed E-state index contributed by atoms with van der Waals surface area (Å²) in [6.07, 6.45) is 17.9. The maximum atomic E-state index is 13.6. The first-order valence-electron chi connectivity index (χ1n) is 29.8. The summed E-state index contributed by atoms with van der Waals surface area (Å²) in [7, 11) is 0. The number of aliphatic hydroxyl groups is 1. The van der Waals surface area contributed by atoms with Crippen molar-refractivity contribution in [1.29, 1.82) is 0 Å². The standard InChI is InChI=1S/C33H40N6O6.C33H38N6O5.Li/c1-20(30(42)39-14-6-8-27(38-39)31(43)44)36-29(41)28(15-22-7-5-13-34-18-22)37-32(45)33(3,4)12-11-26-17-25-16-23(21(2)40)9-10-24(25)19-35-26;1-20-30(41)39-14-6-8-27(38-39)31(42)44-21(2)23-9-10-24-19-35-26(17-25(24)16-23)11-12-33(3,4)32(43)37-28(29(40)36-20)15-22-7-5-13-34-18-22;/h5,7,9-13,16-21,27-28,38,40H,6,8,14-15H2,1-4H3,(H,36,41)(H,37,45)(H,43,44);5,7,9-13,16-21,27-28,38H,6,8,14-15H2,1-4H3,(H,36,40)(H,37,43);/q;;+1/p-1/b2*12-11+;/t2*20-,21+,27-,28-;/m00./s1. The molecule has 7 heterocycles. The third-order valence-electron chi connectivity index (χ3n) is 15.8. The van der Waals surface area contributed by atoms with Crippen LogP contribution in [0.2, 0.25) is 0 Å². The van der Waals surface area contributed by atoms with Crippen LogP contribution in [-0.4, -0.2) is 132 Å². The van der Waals surface area contributed by atoms with Crippen molar-refractivity contribution in [3.05, 3.63) is 156 Å². The minimum absolute atomic E-state index is 0. The van der Waals surface area contributed by atoms with Crippen molar-refractivity contribution in [2.24, 2.45) is 10.8 Å². The van der Waals surface area contributed by atoms with Gasteiger partial charge in [0.1, 0.15) is 36.3 Å². The van der Waals surface area contributed by atoms with Crippen molar-refractivity contribution in [3.63, 3.8) is 0 Å². The van der Waals surface area contributed by atoms with Crippen molar-refractivity contribution >= 4 is 81.1 Å². The number of nitrogens with zero attached hydrogens (tertiary/aromatic N) is 6. The number of fused-ring (bicyclic) bond motifs is 5. The Morgan fingerprint density at radius 3 is 2.19 bits per heavy atom. The van der Waals surface area contributed by atoms with Crippen LogP contribution >= 0.6 is 0 Å². The van der Waals surface area contributed by atoms with Crippen LogP contribution in [0.25, 0.3) is 33.7 Å². The molecule has 3 aliphatic rings. The molecule has 4 aromatic heterocycles. The summed E-state index contributed by atoms with van der Waals surface area (Å²) in [5, 5.41) is 38.6. The van der Waals surface area contributed by atoms with E-state index in [0.717, 1.165) is 38.2 Å². The number of carbonyl (C=O) groups is 8. The average Bonchev–Trinajstić information content (AvgIpc) is 1.98. The zero-order chi connectivity index (χ0) is 64.2. The molecule has 9 rings (SSSR count). The maximum absolute atomic E-state index is 13.6. The monoisotopic (exact) mass is 1220 g/mol. The number of carboxylic acid groups (broad SMARTS) is 1. The Morgan fingerprint density at radius 2 is 1.50 bits per heavy atom. The van der Waals surface area contributed by atoms with E-state index in [1.165, 1.54) is 16.9 Å². The molecule has 6 amide bonds. The van der Waals surface area contributed by atoms with Gasteiger partial charge in [-0.1, -0.05) is 48.6 Å². The number of rotatable bonds is 13. The molecule has 2 aromatic carbocycles. The van der Waals surface area contributed by atoms with E-state index in [-0.39, 0.29) is 44.2 Å². The number of nitrogens with one attached hydrogen (secondary N) is 6. The molecule has 468 valence electrons. The quantitative estimate of drug-likeness (QED) is 0.0632. The van der Waals surface area contributed by atoms with Gasteiger partial charge in [0.2, 0.25) is 23.6 Å². The van der Waals surface area contributed by atoms with Crippen molar-refractivity contribution < 1.29 is 72.2 Å². The summed E-state index contributed by atoms with van der Waals surface area (Å²) in [4.78, 5) is 122. The molecule has 24 heteroatoms. The molecule has 0 spiro atoms. The first-order chi connectivity index (χ1) is 42.3. The van der Waals surface area contributed by atoms with Crippen LogP contribution in [0, 0.1) is 10.8 Å². The van der Waals surface area contributed by atoms with Crippen molar-refractivity contribution in [2.45, 2.75) is 142 Å². The zero-order valence-corrected chi connectivity index (χ0v) is 52.2. The van der Waals surface area contributed by atoms with E-state index < -0.39 is 101 Å². The third-order valence-corrected chi connectivity index (χ3v) is 15.8. The number of esters is 1. The summed E-state index contributed by atoms with van der Waals surface area (Å²) >= 11 is 0. The van der Waals surface area contributed by atoms with E-state index in [1.54, 1.807) is 121 Å². The number of carbonyl (C=O) groups excluding carboxylic acids is 8. The van der Waals surface area contributed by atoms with Gasteiger partial charge in [0, 0.05) is 73.9 Å². The molecule has 6 aromatic rings. The van der Waals surface area contributed by atoms with Crippen LogP contribution in [0.3, 0.4) is 0 Å². The number of ether oxygens (including phenoxy) is 1. The molecule has 2 saturated heterocycles. The van der Waals surface area contributed by atoms with E-state index in [2.05, 4.69) is 52.1 Å². The molecular weight excluding hydrogens is 1140 g/mol. The summed E-state index contributed by atoms with van der Waals surface area (Å²) in [5.41, 5.74) is 7.91. The van der Waals surface area contributed by atoms with Gasteiger partial charge in [-0.2, -0.15) is 0 Å². The van der Waals surface area contributed by atoms with Crippen LogP contribution in [0.5, 0.6) is 0 Å². The van der Waals surface area contributed by atoms with Crippen molar-refractivity contribution in [3.8, 4) is 0 Å². The Morgan fingerprint density at radius 1 is 0.822 bits per heavy atom. The topological polar surface area (TPSA) is 319 Å². The SMILES string of the molecule is C[C@@H]1NC(=O)[C@H](Cc2cccnc2)NC(=O)C(C)(C)/C=C/c2cc3cc(ccc3cn2)[C@@H](C)OC(=O)[C@@H]2CCCN(N2)C1=O.C[C@H](NC(=O)[C@H](Cc1cccnc1)NC(=O)C(C)(C)/C=C/c1cc2cc([C@@H](C)O)ccc2cn1)C(=O)N1CCC[C@@H](C(=O)[O-])N1.[Li+]. The molecule has 5 bridgehead atoms. The number of hydrogen-bond donors (Lipinski definition) is 7. The number of hydrogen-bond acceptors (Lipinski definition) is 17. The Kier molecular flexibility index (Phi) is 23.4. The molecule has 3 aliphatic heterocycles. The minimum Gasteiger partial charge on any atom is -0.548 e. The molecule has 90 heavy (non-hydrogen) atoms. The van der Waals surface area contributed by atoms with Gasteiger partial charge in [0.15, 0.2) is 0 Å². The van der Waals surface area contributed by atoms with Crippen molar-refractivity contribution in [1.82, 2.24) is 62.1 Å². The summed E-state index contributed by atoms with van der Waals surface area (Å²) in [6, 6.07) is 16.6. The Balaban J connectivity index is 0.000000253. The number of pyridine rings is 4. The smallest absolute Gasteiger partial charge is 0.548 e. The van der Waals surface area contributed by atoms with Crippen LogP contribution < -0.4 is 56.1 Å². The predicted molar refractivity (Wildman–Crippen MR) is 330 cm³/mol. The molecule has 0 aliphatic carbocycles. The number of aromatic nitrogens is 4. The fourth-order valence-corrected chi connectivity index (χ4v) is 10.2. The van der Waals surface area contributed by atoms with Gasteiger partial charge in [-0.15, -0.1) is 0 Å². The number of amides is 6. The zero-order valence-electron chi connectivity index (χ0n) is 52.2. The fraction of sp³-hybridized carbons (Fsp3) is 0.394. The maximum Gasteiger partial charge on any atom is 1.00 e. The summed E-state index contributed by atoms with van der Waals surface area (Å²) in [6.45, 7) is 14.2. The van der Waals surface area contributed by atoms with Gasteiger partial charge >= 0.3 is 24.8 Å². The number of cyclic esters (lactones) is 1. The molecule has 0 unspecified atom stereocenters. The Bertz CT molecular complexity index is 3640. The van der Waals surface area contributed by atoms with E-state index >= 15 is 0 Å². The third kappa shape index (κ3) is 18.2. The fourth-order valence-electron chi connectivity index (χ4n) is 10.2. The largest absolute Gasteiger partial charge is 1.00 e. The van der Waals surface area contributed by atoms with E-state index in [9.17, 15) is 48.6 Å². The number of aliphatic hydroxyl groups excluding tert-OH is 1. The molecule has 8 atom stereocenters. The van der Waals surface area contributed by atoms with E-state index in [1.807, 2.05) is 61.5 Å². The Hall–Kier alpha value is -8.72. The van der Waals surface area contributed by atoms with Crippen LogP contribution in [0.1, 0.15) is 127 Å². The van der Waals surface area contributed by atoms with Gasteiger partial charge < -0.3 is 41.0 Å². The second kappa shape index (κ2) is 30.7. The van der Waals surface area contributed by atoms with Gasteiger partial charge in [-0.25, -0.2) is 10.9 Å². The number of carboxylic acids is 1. The number of benzene rings is 2. The molecule has 23 nitrogen and oxygen atoms in total. The minimum atomic E-state index is -1.30. The second-order valence-corrected chi connectivity index (χ2v) is 23.9. The van der Waals surface area contributed by atoms with Gasteiger partial charge in [0.25, 0.3) is 11.8 Å². The van der Waals surface area contributed by atoms with E-state index in [0.29, 0.717) is 49.2 Å². The Labute approximate surface area is 534 Å². The molecule has 7 N–H and O–H groups in total. The molecule has 0 saturated carbocycles. The summed E-state index contributed by atoms with van der Waals surface area (Å²) in [5.74, 6) is -4.55. The number of hydrazine groups is 2. The summed E-state index contributed by atoms with van der Waals surface area (Å²) < 4.78 is 5.82. The predicted octanol–water partition coefficient (Wildman–Crippen LogP) is 1.22. The van der Waals surface area contributed by atoms with Gasteiger partial charge in [-0.05, 0) is 163 Å². The first-order valence-corrected chi connectivity index (χ1v) is 29.8. The first kappa shape index (κ1) is 68.8.